The van der Waals surface area contributed by atoms with E-state index in [1.54, 1.807) is 0 Å². The summed E-state index contributed by atoms with van der Waals surface area (Å²) in [6.45, 7) is 2.26. The van der Waals surface area contributed by atoms with Gasteiger partial charge in [0, 0.05) is 5.38 Å². The van der Waals surface area contributed by atoms with E-state index in [9.17, 15) is 37.3 Å². The van der Waals surface area contributed by atoms with Gasteiger partial charge in [-0.15, -0.1) is 16.4 Å². The predicted molar refractivity (Wildman–Crippen MR) is 145 cm³/mol. The van der Waals surface area contributed by atoms with Crippen molar-refractivity contribution in [2.75, 3.05) is 33.4 Å². The normalized spacial score (nSPS) is 17.9. The van der Waals surface area contributed by atoms with Crippen LogP contribution in [0.1, 0.15) is 25.2 Å². The largest absolute Gasteiger partial charge is 0.478 e. The number of rotatable bonds is 13. The summed E-state index contributed by atoms with van der Waals surface area (Å²) < 4.78 is 35.2. The van der Waals surface area contributed by atoms with E-state index in [4.69, 9.17) is 10.6 Å². The van der Waals surface area contributed by atoms with Gasteiger partial charge in [-0.05, 0) is 13.8 Å². The highest BCUT2D eigenvalue weighted by molar-refractivity contribution is 7.84. The number of β-lactam (4-membered cyclic amide) rings is 1. The average Bonchev–Trinajstić information content (AvgIpc) is 3.47. The molecule has 1 aliphatic heterocycles. The number of quaternary nitrogens is 1. The molecule has 42 heavy (non-hydrogen) atoms. The standard InChI is InChI=1S/C21H30N10O9S2/c1-21(2,19(35)36)40-27-15(12-10-41-20(22)24-12)17(33)25-16-13(30(18(16)34)42(37,38)39)8-29-7-11(26-28-29)6-23-14(32)9-31(3,4)5/h7,10,13,16H,6,8-9H2,1-5H3,(H5-,22,23,24,25,32,33,35,36,37,38,39)/p+1/b27-15+/t13-,16+/m1/s1. The van der Waals surface area contributed by atoms with E-state index in [0.29, 0.717) is 10.2 Å². The number of nitrogens with two attached hydrogens (primary N) is 1. The monoisotopic (exact) mass is 631 g/mol. The van der Waals surface area contributed by atoms with Crippen LogP contribution < -0.4 is 16.4 Å². The van der Waals surface area contributed by atoms with Crippen molar-refractivity contribution in [2.45, 2.75) is 44.6 Å². The molecule has 0 spiro atoms. The maximum Gasteiger partial charge on any atom is 0.362 e. The van der Waals surface area contributed by atoms with Gasteiger partial charge in [0.1, 0.15) is 17.4 Å². The summed E-state index contributed by atoms with van der Waals surface area (Å²) in [7, 11) is 0.504. The van der Waals surface area contributed by atoms with Gasteiger partial charge in [-0.25, -0.2) is 18.8 Å². The van der Waals surface area contributed by atoms with Crippen molar-refractivity contribution >= 4 is 56.2 Å². The Hall–Kier alpha value is -4.21. The molecule has 3 rings (SSSR count). The Balaban J connectivity index is 1.80. The number of aromatic nitrogens is 4. The lowest BCUT2D eigenvalue weighted by atomic mass is 9.98. The van der Waals surface area contributed by atoms with E-state index >= 15 is 0 Å². The van der Waals surface area contributed by atoms with E-state index in [2.05, 4.69) is 31.1 Å². The van der Waals surface area contributed by atoms with Gasteiger partial charge in [-0.1, -0.05) is 10.4 Å². The van der Waals surface area contributed by atoms with Crippen LogP contribution in [-0.4, -0.2) is 122 Å². The maximum atomic E-state index is 13.2. The molecule has 0 aliphatic carbocycles. The molecule has 1 aliphatic rings. The minimum Gasteiger partial charge on any atom is -0.478 e. The Morgan fingerprint density at radius 3 is 2.50 bits per heavy atom. The molecular formula is C21H31N10O9S2+. The number of anilines is 1. The van der Waals surface area contributed by atoms with Crippen LogP contribution in [0, 0.1) is 0 Å². The van der Waals surface area contributed by atoms with Gasteiger partial charge in [0.25, 0.3) is 17.7 Å². The summed E-state index contributed by atoms with van der Waals surface area (Å²) in [6, 6.07) is -2.85. The van der Waals surface area contributed by atoms with Crippen LogP contribution in [0.3, 0.4) is 0 Å². The molecule has 2 aromatic rings. The number of amides is 3. The first-order valence-electron chi connectivity index (χ1n) is 12.1. The number of aliphatic carboxylic acids is 1. The molecule has 3 amide bonds. The molecule has 21 heteroatoms. The summed E-state index contributed by atoms with van der Waals surface area (Å²) in [5.41, 5.74) is 3.48. The molecule has 3 heterocycles. The number of hydrogen-bond donors (Lipinski definition) is 5. The average molecular weight is 632 g/mol. The molecule has 0 aromatic carbocycles. The van der Waals surface area contributed by atoms with Gasteiger partial charge < -0.3 is 30.8 Å². The molecule has 1 saturated heterocycles. The Labute approximate surface area is 243 Å². The zero-order valence-electron chi connectivity index (χ0n) is 23.2. The molecular weight excluding hydrogens is 600 g/mol. The van der Waals surface area contributed by atoms with Crippen molar-refractivity contribution in [3.63, 3.8) is 0 Å². The van der Waals surface area contributed by atoms with Crippen molar-refractivity contribution in [3.8, 4) is 0 Å². The molecule has 2 aromatic heterocycles. The van der Waals surface area contributed by atoms with Crippen LogP contribution in [-0.2, 0) is 47.4 Å². The van der Waals surface area contributed by atoms with Gasteiger partial charge in [-0.2, -0.15) is 8.42 Å². The van der Waals surface area contributed by atoms with E-state index in [1.807, 2.05) is 21.1 Å². The van der Waals surface area contributed by atoms with Crippen LogP contribution in [0.15, 0.2) is 16.7 Å². The Morgan fingerprint density at radius 2 is 1.95 bits per heavy atom. The second-order valence-corrected chi connectivity index (χ2v) is 12.9. The zero-order valence-corrected chi connectivity index (χ0v) is 24.8. The highest BCUT2D eigenvalue weighted by atomic mass is 32.2. The van der Waals surface area contributed by atoms with Crippen molar-refractivity contribution < 1.29 is 46.6 Å². The van der Waals surface area contributed by atoms with Crippen LogP contribution in [0.25, 0.3) is 0 Å². The summed E-state index contributed by atoms with van der Waals surface area (Å²) in [5.74, 6) is -3.86. The number of oxime groups is 1. The zero-order chi connectivity index (χ0) is 31.6. The van der Waals surface area contributed by atoms with Gasteiger partial charge in [0.15, 0.2) is 17.4 Å². The fraction of sp³-hybridized carbons (Fsp3) is 0.524. The molecule has 1 fully saturated rings. The number of nitrogens with zero attached hydrogens (tertiary/aromatic N) is 7. The lowest BCUT2D eigenvalue weighted by Gasteiger charge is -2.43. The lowest BCUT2D eigenvalue weighted by molar-refractivity contribution is -0.862. The first-order valence-corrected chi connectivity index (χ1v) is 14.3. The molecule has 6 N–H and O–H groups in total. The van der Waals surface area contributed by atoms with Crippen molar-refractivity contribution in [2.24, 2.45) is 5.16 Å². The van der Waals surface area contributed by atoms with E-state index in [0.717, 1.165) is 11.3 Å². The molecule has 0 saturated carbocycles. The topological polar surface area (TPSA) is 261 Å². The number of carbonyl (C=O) groups excluding carboxylic acids is 3. The van der Waals surface area contributed by atoms with E-state index < -0.39 is 51.5 Å². The number of carbonyl (C=O) groups is 4. The molecule has 0 radical (unpaired) electrons. The smallest absolute Gasteiger partial charge is 0.362 e. The molecule has 0 bridgehead atoms. The summed E-state index contributed by atoms with van der Waals surface area (Å²) in [4.78, 5) is 58.3. The lowest BCUT2D eigenvalue weighted by Crippen LogP contribution is -2.73. The second-order valence-electron chi connectivity index (χ2n) is 10.7. The predicted octanol–water partition coefficient (Wildman–Crippen LogP) is -2.58. The fourth-order valence-electron chi connectivity index (χ4n) is 3.53. The molecule has 230 valence electrons. The quantitative estimate of drug-likeness (QED) is 0.0501. The number of nitrogen functional groups attached to an aromatic ring is 1. The van der Waals surface area contributed by atoms with Crippen LogP contribution in [0.4, 0.5) is 5.13 Å². The molecule has 2 atom stereocenters. The molecule has 19 nitrogen and oxygen atoms in total. The third kappa shape index (κ3) is 7.96. The third-order valence-electron chi connectivity index (χ3n) is 5.61. The van der Waals surface area contributed by atoms with Gasteiger partial charge in [-0.3, -0.25) is 18.9 Å². The van der Waals surface area contributed by atoms with E-state index in [-0.39, 0.29) is 40.7 Å². The summed E-state index contributed by atoms with van der Waals surface area (Å²) >= 11 is 0.946. The molecule has 0 unspecified atom stereocenters. The minimum absolute atomic E-state index is 0.0217. The Morgan fingerprint density at radius 1 is 1.29 bits per heavy atom. The number of likely N-dealkylation sites (N-methyl/N-ethyl adjacent to an activating group) is 1. The number of nitrogens with one attached hydrogen (secondary N) is 2. The van der Waals surface area contributed by atoms with Crippen LogP contribution in [0.5, 0.6) is 0 Å². The number of carboxylic acids is 1. The first-order chi connectivity index (χ1) is 19.3. The van der Waals surface area contributed by atoms with Crippen LogP contribution in [0.2, 0.25) is 0 Å². The number of hydrogen-bond acceptors (Lipinski definition) is 13. The van der Waals surface area contributed by atoms with Crippen molar-refractivity contribution in [1.82, 2.24) is 34.9 Å². The Kier molecular flexibility index (Phi) is 9.19. The third-order valence-corrected chi connectivity index (χ3v) is 7.23. The van der Waals surface area contributed by atoms with Crippen LogP contribution >= 0.6 is 11.3 Å². The van der Waals surface area contributed by atoms with Gasteiger partial charge in [0.05, 0.1) is 46.5 Å². The van der Waals surface area contributed by atoms with Gasteiger partial charge >= 0.3 is 16.3 Å². The number of carboxylic acid groups (broad SMARTS) is 1. The summed E-state index contributed by atoms with van der Waals surface area (Å²) in [6.07, 6.45) is 1.39. The maximum absolute atomic E-state index is 13.2. The SMILES string of the molecule is CC(C)(O/N=C(/C(=O)N[C@@H]1C(=O)N(S(=O)(=O)O)[C@@H]1Cn1cc(CNC(=O)C[N+](C)(C)C)nn1)c1csc(N)n1)C(=O)O. The Bertz CT molecular complexity index is 1510. The van der Waals surface area contributed by atoms with Crippen molar-refractivity contribution in [1.29, 1.82) is 0 Å². The minimum atomic E-state index is -5.03. The second kappa shape index (κ2) is 12.0. The highest BCUT2D eigenvalue weighted by Crippen LogP contribution is 2.25. The van der Waals surface area contributed by atoms with Crippen molar-refractivity contribution in [3.05, 3.63) is 23.0 Å². The fourth-order valence-corrected chi connectivity index (χ4v) is 4.95. The first kappa shape index (κ1) is 32.3. The van der Waals surface area contributed by atoms with E-state index in [1.165, 1.54) is 30.1 Å². The summed E-state index contributed by atoms with van der Waals surface area (Å²) in [5, 5.41) is 27.1. The van der Waals surface area contributed by atoms with Gasteiger partial charge in [0.2, 0.25) is 5.60 Å². The number of thiazole rings is 1. The highest BCUT2D eigenvalue weighted by Gasteiger charge is 2.54.